The van der Waals surface area contributed by atoms with Crippen molar-refractivity contribution >= 4 is 12.1 Å². The number of nitrogens with zero attached hydrogens (tertiary/aromatic N) is 1. The van der Waals surface area contributed by atoms with Gasteiger partial charge in [-0.15, -0.1) is 0 Å². The maximum atomic E-state index is 14.4. The molecule has 0 saturated carbocycles. The number of likely N-dealkylation sites (N-methyl/N-ethyl adjacent to an activating group) is 1. The van der Waals surface area contributed by atoms with E-state index in [0.717, 1.165) is 7.05 Å². The predicted molar refractivity (Wildman–Crippen MR) is 64.9 cm³/mol. The average Bonchev–Trinajstić information content (AvgIpc) is 2.12. The molecule has 0 radical (unpaired) electrons. The van der Waals surface area contributed by atoms with Crippen LogP contribution >= 0.6 is 0 Å². The Morgan fingerprint density at radius 2 is 1.78 bits per heavy atom. The molecule has 1 unspecified atom stereocenters. The Morgan fingerprint density at radius 3 is 2.06 bits per heavy atom. The molecular formula is C12H22FNO4. The van der Waals surface area contributed by atoms with Gasteiger partial charge in [-0.05, 0) is 26.7 Å². The van der Waals surface area contributed by atoms with E-state index in [9.17, 15) is 14.0 Å². The molecule has 1 atom stereocenters. The molecule has 0 aromatic heterocycles. The lowest BCUT2D eigenvalue weighted by molar-refractivity contribution is -0.165. The van der Waals surface area contributed by atoms with E-state index in [-0.39, 0.29) is 12.3 Å². The van der Waals surface area contributed by atoms with Gasteiger partial charge in [0.05, 0.1) is 0 Å². The summed E-state index contributed by atoms with van der Waals surface area (Å²) in [4.78, 5) is 23.2. The van der Waals surface area contributed by atoms with Gasteiger partial charge in [0.15, 0.2) is 0 Å². The highest BCUT2D eigenvalue weighted by Gasteiger charge is 2.47. The van der Waals surface area contributed by atoms with Gasteiger partial charge in [-0.1, -0.05) is 13.8 Å². The smallest absolute Gasteiger partial charge is 0.412 e. The van der Waals surface area contributed by atoms with Crippen LogP contribution in [0.15, 0.2) is 0 Å². The second-order valence-electron chi connectivity index (χ2n) is 5.70. The fourth-order valence-electron chi connectivity index (χ4n) is 1.38. The highest BCUT2D eigenvalue weighted by Crippen LogP contribution is 2.27. The zero-order chi connectivity index (χ0) is 14.7. The molecule has 1 amide bonds. The normalized spacial score (nSPS) is 15.1. The average molecular weight is 263 g/mol. The summed E-state index contributed by atoms with van der Waals surface area (Å²) >= 11 is 0. The Kier molecular flexibility index (Phi) is 5.13. The van der Waals surface area contributed by atoms with Crippen molar-refractivity contribution < 1.29 is 23.8 Å². The number of amides is 1. The summed E-state index contributed by atoms with van der Waals surface area (Å²) in [6.07, 6.45) is -1.29. The number of halogens is 1. The van der Waals surface area contributed by atoms with Crippen LogP contribution < -0.4 is 0 Å². The minimum atomic E-state index is -2.75. The second kappa shape index (κ2) is 5.54. The van der Waals surface area contributed by atoms with E-state index in [2.05, 4.69) is 0 Å². The van der Waals surface area contributed by atoms with Crippen LogP contribution in [0.2, 0.25) is 0 Å². The molecular weight excluding hydrogens is 241 g/mol. The van der Waals surface area contributed by atoms with E-state index in [1.807, 2.05) is 0 Å². The predicted octanol–water partition coefficient (Wildman–Crippen LogP) is 2.65. The van der Waals surface area contributed by atoms with E-state index in [0.29, 0.717) is 4.90 Å². The Balaban J connectivity index is 5.04. The molecule has 0 saturated heterocycles. The van der Waals surface area contributed by atoms with E-state index in [1.54, 1.807) is 34.6 Å². The molecule has 0 rings (SSSR count). The quantitative estimate of drug-likeness (QED) is 0.792. The van der Waals surface area contributed by atoms with Crippen molar-refractivity contribution in [3.63, 3.8) is 0 Å². The minimum absolute atomic E-state index is 0.212. The molecule has 0 heterocycles. The molecule has 18 heavy (non-hydrogen) atoms. The number of hydrogen-bond acceptors (Lipinski definition) is 3. The van der Waals surface area contributed by atoms with Crippen LogP contribution in [0.4, 0.5) is 9.18 Å². The van der Waals surface area contributed by atoms with Gasteiger partial charge in [0, 0.05) is 13.5 Å². The molecule has 0 aromatic rings. The summed E-state index contributed by atoms with van der Waals surface area (Å²) < 4.78 is 19.4. The van der Waals surface area contributed by atoms with Crippen molar-refractivity contribution in [2.75, 3.05) is 7.05 Å². The molecule has 0 aliphatic rings. The van der Waals surface area contributed by atoms with Crippen LogP contribution in [0.25, 0.3) is 0 Å². The van der Waals surface area contributed by atoms with Gasteiger partial charge < -0.3 is 9.84 Å². The summed E-state index contributed by atoms with van der Waals surface area (Å²) in [5, 5.41) is 8.97. The van der Waals surface area contributed by atoms with Gasteiger partial charge in [-0.25, -0.2) is 14.0 Å². The first kappa shape index (κ1) is 16.7. The standard InChI is InChI=1S/C12H22FNO4/c1-8(2)7-12(13,9(15)16)14(6)10(17)18-11(3,4)5/h8H,7H2,1-6H3,(H,15,16). The zero-order valence-electron chi connectivity index (χ0n) is 11.8. The zero-order valence-corrected chi connectivity index (χ0v) is 11.8. The molecule has 1 N–H and O–H groups in total. The van der Waals surface area contributed by atoms with Gasteiger partial charge in [-0.3, -0.25) is 4.90 Å². The number of carboxylic acids is 1. The summed E-state index contributed by atoms with van der Waals surface area (Å²) in [7, 11) is 1.09. The maximum Gasteiger partial charge on any atom is 0.412 e. The molecule has 0 bridgehead atoms. The summed E-state index contributed by atoms with van der Waals surface area (Å²) in [5.74, 6) is -4.66. The first-order valence-corrected chi connectivity index (χ1v) is 5.79. The third-order valence-corrected chi connectivity index (χ3v) is 2.21. The Hall–Kier alpha value is -1.33. The molecule has 0 aromatic carbocycles. The minimum Gasteiger partial charge on any atom is -0.477 e. The number of ether oxygens (including phenoxy) is 1. The second-order valence-corrected chi connectivity index (χ2v) is 5.70. The van der Waals surface area contributed by atoms with Gasteiger partial charge in [0.2, 0.25) is 0 Å². The van der Waals surface area contributed by atoms with Crippen LogP contribution in [0.3, 0.4) is 0 Å². The largest absolute Gasteiger partial charge is 0.477 e. The van der Waals surface area contributed by atoms with Crippen molar-refractivity contribution in [2.45, 2.75) is 52.4 Å². The Morgan fingerprint density at radius 1 is 1.33 bits per heavy atom. The molecule has 0 aliphatic carbocycles. The summed E-state index contributed by atoms with van der Waals surface area (Å²) in [6, 6.07) is 0. The number of alkyl halides is 1. The third-order valence-electron chi connectivity index (χ3n) is 2.21. The maximum absolute atomic E-state index is 14.4. The first-order chi connectivity index (χ1) is 7.90. The van der Waals surface area contributed by atoms with Crippen LogP contribution in [-0.4, -0.2) is 40.5 Å². The highest BCUT2D eigenvalue weighted by atomic mass is 19.1. The monoisotopic (exact) mass is 263 g/mol. The van der Waals surface area contributed by atoms with E-state index in [1.165, 1.54) is 0 Å². The molecule has 0 spiro atoms. The number of aliphatic carboxylic acids is 1. The SMILES string of the molecule is CC(C)CC(F)(C(=O)O)N(C)C(=O)OC(C)(C)C. The van der Waals surface area contributed by atoms with Gasteiger partial charge in [-0.2, -0.15) is 0 Å². The fraction of sp³-hybridized carbons (Fsp3) is 0.833. The van der Waals surface area contributed by atoms with Gasteiger partial charge in [0.1, 0.15) is 5.60 Å². The van der Waals surface area contributed by atoms with Crippen molar-refractivity contribution in [1.29, 1.82) is 0 Å². The molecule has 5 nitrogen and oxygen atoms in total. The lowest BCUT2D eigenvalue weighted by Gasteiger charge is -2.33. The van der Waals surface area contributed by atoms with Crippen LogP contribution in [0, 0.1) is 5.92 Å². The van der Waals surface area contributed by atoms with Crippen molar-refractivity contribution in [3.05, 3.63) is 0 Å². The lowest BCUT2D eigenvalue weighted by Crippen LogP contribution is -2.53. The van der Waals surface area contributed by atoms with Crippen molar-refractivity contribution in [2.24, 2.45) is 5.92 Å². The van der Waals surface area contributed by atoms with Crippen LogP contribution in [0.5, 0.6) is 0 Å². The first-order valence-electron chi connectivity index (χ1n) is 5.79. The topological polar surface area (TPSA) is 66.8 Å². The lowest BCUT2D eigenvalue weighted by atomic mass is 10.0. The van der Waals surface area contributed by atoms with Gasteiger partial charge >= 0.3 is 12.1 Å². The van der Waals surface area contributed by atoms with Crippen LogP contribution in [0.1, 0.15) is 41.0 Å². The van der Waals surface area contributed by atoms with Crippen molar-refractivity contribution in [1.82, 2.24) is 4.90 Å². The third kappa shape index (κ3) is 4.50. The number of carbonyl (C=O) groups excluding carboxylic acids is 1. The van der Waals surface area contributed by atoms with E-state index in [4.69, 9.17) is 9.84 Å². The van der Waals surface area contributed by atoms with E-state index >= 15 is 0 Å². The molecule has 0 aliphatic heterocycles. The molecule has 0 fully saturated rings. The Bertz CT molecular complexity index is 325. The summed E-state index contributed by atoms with van der Waals surface area (Å²) in [6.45, 7) is 8.24. The Labute approximate surface area is 107 Å². The van der Waals surface area contributed by atoms with E-state index < -0.39 is 23.5 Å². The molecule has 6 heteroatoms. The number of rotatable bonds is 4. The van der Waals surface area contributed by atoms with Gasteiger partial charge in [0.25, 0.3) is 5.79 Å². The molecule has 106 valence electrons. The highest BCUT2D eigenvalue weighted by molar-refractivity contribution is 5.82. The summed E-state index contributed by atoms with van der Waals surface area (Å²) in [5.41, 5.74) is -0.803. The number of carbonyl (C=O) groups is 2. The van der Waals surface area contributed by atoms with Crippen molar-refractivity contribution in [3.8, 4) is 0 Å². The van der Waals surface area contributed by atoms with Crippen LogP contribution in [-0.2, 0) is 9.53 Å². The number of hydrogen-bond donors (Lipinski definition) is 1. The fourth-order valence-corrected chi connectivity index (χ4v) is 1.38. The number of carboxylic acid groups (broad SMARTS) is 1.